The summed E-state index contributed by atoms with van der Waals surface area (Å²) in [5.41, 5.74) is 6.90. The minimum atomic E-state index is -0.109. The number of carbonyl (C=O) groups excluding carboxylic acids is 1. The highest BCUT2D eigenvalue weighted by Gasteiger charge is 2.34. The summed E-state index contributed by atoms with van der Waals surface area (Å²) in [6, 6.07) is 7.74. The lowest BCUT2D eigenvalue weighted by molar-refractivity contribution is -0.141. The number of hydrogen-bond acceptors (Lipinski definition) is 4. The maximum absolute atomic E-state index is 12.9. The fourth-order valence-corrected chi connectivity index (χ4v) is 3.01. The number of amides is 1. The van der Waals surface area contributed by atoms with Gasteiger partial charge in [0.25, 0.3) is 0 Å². The second kappa shape index (κ2) is 6.03. The highest BCUT2D eigenvalue weighted by molar-refractivity contribution is 5.85. The monoisotopic (exact) mass is 290 g/mol. The van der Waals surface area contributed by atoms with Crippen molar-refractivity contribution in [1.29, 1.82) is 0 Å². The lowest BCUT2D eigenvalue weighted by Crippen LogP contribution is -2.52. The van der Waals surface area contributed by atoms with Crippen LogP contribution in [0.1, 0.15) is 24.8 Å². The average molecular weight is 290 g/mol. The molecule has 1 aromatic carbocycles. The quantitative estimate of drug-likeness (QED) is 0.886. The van der Waals surface area contributed by atoms with Crippen LogP contribution in [0, 0.1) is 0 Å². The van der Waals surface area contributed by atoms with Crippen LogP contribution in [0.4, 0.5) is 0 Å². The van der Waals surface area contributed by atoms with Gasteiger partial charge in [0.15, 0.2) is 0 Å². The highest BCUT2D eigenvalue weighted by atomic mass is 16.5. The molecule has 1 fully saturated rings. The van der Waals surface area contributed by atoms with Gasteiger partial charge in [-0.2, -0.15) is 0 Å². The Hall–Kier alpha value is -1.59. The number of nitrogens with zero attached hydrogens (tertiary/aromatic N) is 1. The molecule has 1 aromatic rings. The first kappa shape index (κ1) is 14.4. The molecule has 2 N–H and O–H groups in total. The predicted molar refractivity (Wildman–Crippen MR) is 79.3 cm³/mol. The van der Waals surface area contributed by atoms with Crippen molar-refractivity contribution in [2.24, 2.45) is 5.73 Å². The first-order valence-electron chi connectivity index (χ1n) is 7.54. The van der Waals surface area contributed by atoms with Gasteiger partial charge in [-0.3, -0.25) is 4.79 Å². The Morgan fingerprint density at radius 3 is 3.00 bits per heavy atom. The topological polar surface area (TPSA) is 64.8 Å². The number of morpholine rings is 1. The van der Waals surface area contributed by atoms with E-state index in [2.05, 4.69) is 0 Å². The van der Waals surface area contributed by atoms with E-state index in [0.717, 1.165) is 17.7 Å². The van der Waals surface area contributed by atoms with Crippen molar-refractivity contribution in [2.75, 3.05) is 26.3 Å². The molecule has 0 radical (unpaired) electrons. The van der Waals surface area contributed by atoms with Crippen molar-refractivity contribution < 1.29 is 14.3 Å². The summed E-state index contributed by atoms with van der Waals surface area (Å²) >= 11 is 0. The third-order valence-electron chi connectivity index (χ3n) is 4.25. The average Bonchev–Trinajstić information content (AvgIpc) is 2.53. The molecule has 1 amide bonds. The SMILES string of the molecule is CC(N)C1CN(C(=O)C2CCOc3ccccc32)CCO1. The van der Waals surface area contributed by atoms with E-state index in [9.17, 15) is 4.79 Å². The second-order valence-corrected chi connectivity index (χ2v) is 5.78. The number of ether oxygens (including phenoxy) is 2. The third-order valence-corrected chi connectivity index (χ3v) is 4.25. The first-order valence-corrected chi connectivity index (χ1v) is 7.54. The van der Waals surface area contributed by atoms with E-state index in [4.69, 9.17) is 15.2 Å². The minimum absolute atomic E-state index is 0.0671. The second-order valence-electron chi connectivity index (χ2n) is 5.78. The minimum Gasteiger partial charge on any atom is -0.493 e. The Bertz CT molecular complexity index is 518. The number of rotatable bonds is 2. The molecule has 3 atom stereocenters. The number of nitrogens with two attached hydrogens (primary N) is 1. The molecule has 3 rings (SSSR count). The van der Waals surface area contributed by atoms with E-state index in [1.165, 1.54) is 0 Å². The first-order chi connectivity index (χ1) is 10.2. The van der Waals surface area contributed by atoms with Crippen LogP contribution in [0.25, 0.3) is 0 Å². The normalized spacial score (nSPS) is 26.7. The molecule has 114 valence electrons. The van der Waals surface area contributed by atoms with Crippen molar-refractivity contribution >= 4 is 5.91 Å². The smallest absolute Gasteiger partial charge is 0.230 e. The molecule has 1 saturated heterocycles. The molecule has 2 aliphatic rings. The molecule has 0 saturated carbocycles. The molecular formula is C16H22N2O3. The fraction of sp³-hybridized carbons (Fsp3) is 0.562. The summed E-state index contributed by atoms with van der Waals surface area (Å²) in [5.74, 6) is 0.889. The molecule has 0 aromatic heterocycles. The number of carbonyl (C=O) groups is 1. The number of fused-ring (bicyclic) bond motifs is 1. The molecule has 3 unspecified atom stereocenters. The van der Waals surface area contributed by atoms with Crippen LogP contribution in [0.3, 0.4) is 0 Å². The molecule has 5 nitrogen and oxygen atoms in total. The Morgan fingerprint density at radius 2 is 2.19 bits per heavy atom. The van der Waals surface area contributed by atoms with E-state index in [1.807, 2.05) is 36.1 Å². The molecule has 0 spiro atoms. The van der Waals surface area contributed by atoms with Crippen molar-refractivity contribution in [3.8, 4) is 5.75 Å². The van der Waals surface area contributed by atoms with Gasteiger partial charge < -0.3 is 20.1 Å². The van der Waals surface area contributed by atoms with E-state index in [0.29, 0.717) is 26.3 Å². The Labute approximate surface area is 125 Å². The fourth-order valence-electron chi connectivity index (χ4n) is 3.01. The van der Waals surface area contributed by atoms with Crippen molar-refractivity contribution in [2.45, 2.75) is 31.4 Å². The zero-order valence-corrected chi connectivity index (χ0v) is 12.3. The number of para-hydroxylation sites is 1. The Morgan fingerprint density at radius 1 is 1.38 bits per heavy atom. The van der Waals surface area contributed by atoms with E-state index in [1.54, 1.807) is 0 Å². The van der Waals surface area contributed by atoms with E-state index < -0.39 is 0 Å². The van der Waals surface area contributed by atoms with Crippen LogP contribution in [0.2, 0.25) is 0 Å². The van der Waals surface area contributed by atoms with Gasteiger partial charge in [0.1, 0.15) is 5.75 Å². The van der Waals surface area contributed by atoms with Gasteiger partial charge in [-0.15, -0.1) is 0 Å². The third kappa shape index (κ3) is 2.89. The van der Waals surface area contributed by atoms with Crippen LogP contribution in [0.15, 0.2) is 24.3 Å². The van der Waals surface area contributed by atoms with Gasteiger partial charge in [0.2, 0.25) is 5.91 Å². The van der Waals surface area contributed by atoms with Crippen molar-refractivity contribution in [3.63, 3.8) is 0 Å². The highest BCUT2D eigenvalue weighted by Crippen LogP contribution is 2.34. The van der Waals surface area contributed by atoms with Gasteiger partial charge in [-0.1, -0.05) is 18.2 Å². The van der Waals surface area contributed by atoms with Crippen LogP contribution in [0.5, 0.6) is 5.75 Å². The van der Waals surface area contributed by atoms with Crippen molar-refractivity contribution in [3.05, 3.63) is 29.8 Å². The Balaban J connectivity index is 1.77. The maximum atomic E-state index is 12.9. The van der Waals surface area contributed by atoms with Gasteiger partial charge in [0, 0.05) is 24.7 Å². The number of benzene rings is 1. The molecular weight excluding hydrogens is 268 g/mol. The largest absolute Gasteiger partial charge is 0.493 e. The summed E-state index contributed by atoms with van der Waals surface area (Å²) in [5, 5.41) is 0. The lowest BCUT2D eigenvalue weighted by Gasteiger charge is -2.37. The van der Waals surface area contributed by atoms with Gasteiger partial charge in [-0.25, -0.2) is 0 Å². The zero-order chi connectivity index (χ0) is 14.8. The summed E-state index contributed by atoms with van der Waals surface area (Å²) < 4.78 is 11.3. The summed E-state index contributed by atoms with van der Waals surface area (Å²) in [6.07, 6.45) is 0.661. The summed E-state index contributed by atoms with van der Waals surface area (Å²) in [4.78, 5) is 14.8. The van der Waals surface area contributed by atoms with Crippen LogP contribution >= 0.6 is 0 Å². The zero-order valence-electron chi connectivity index (χ0n) is 12.3. The van der Waals surface area contributed by atoms with E-state index in [-0.39, 0.29) is 24.0 Å². The molecule has 21 heavy (non-hydrogen) atoms. The molecule has 2 heterocycles. The molecule has 5 heteroatoms. The van der Waals surface area contributed by atoms with Gasteiger partial charge >= 0.3 is 0 Å². The maximum Gasteiger partial charge on any atom is 0.230 e. The van der Waals surface area contributed by atoms with Crippen LogP contribution in [-0.2, 0) is 9.53 Å². The van der Waals surface area contributed by atoms with Gasteiger partial charge in [0.05, 0.1) is 25.2 Å². The lowest BCUT2D eigenvalue weighted by atomic mass is 9.91. The van der Waals surface area contributed by atoms with Crippen LogP contribution < -0.4 is 10.5 Å². The molecule has 2 aliphatic heterocycles. The summed E-state index contributed by atoms with van der Waals surface area (Å²) in [6.45, 7) is 4.29. The standard InChI is InChI=1S/C16H22N2O3/c1-11(17)15-10-18(7-9-21-15)16(19)13-6-8-20-14-5-3-2-4-12(13)14/h2-5,11,13,15H,6-10,17H2,1H3. The van der Waals surface area contributed by atoms with Crippen LogP contribution in [-0.4, -0.2) is 49.3 Å². The van der Waals surface area contributed by atoms with E-state index >= 15 is 0 Å². The molecule has 0 bridgehead atoms. The predicted octanol–water partition coefficient (Wildman–Crippen LogP) is 1.13. The van der Waals surface area contributed by atoms with Crippen molar-refractivity contribution in [1.82, 2.24) is 4.90 Å². The molecule has 0 aliphatic carbocycles. The number of hydrogen-bond donors (Lipinski definition) is 1. The van der Waals surface area contributed by atoms with Gasteiger partial charge in [-0.05, 0) is 19.4 Å². The summed E-state index contributed by atoms with van der Waals surface area (Å²) in [7, 11) is 0. The Kier molecular flexibility index (Phi) is 4.12.